The Morgan fingerprint density at radius 2 is 2.24 bits per heavy atom. The lowest BCUT2D eigenvalue weighted by molar-refractivity contribution is 0.0921. The van der Waals surface area contributed by atoms with Gasteiger partial charge in [-0.05, 0) is 6.42 Å². The van der Waals surface area contributed by atoms with Crippen molar-refractivity contribution in [3.8, 4) is 0 Å². The smallest absolute Gasteiger partial charge is 0.271 e. The van der Waals surface area contributed by atoms with Gasteiger partial charge in [0.2, 0.25) is 0 Å². The number of rotatable bonds is 3. The molecule has 7 nitrogen and oxygen atoms in total. The Kier molecular flexibility index (Phi) is 3.64. The van der Waals surface area contributed by atoms with Crippen molar-refractivity contribution in [3.63, 3.8) is 0 Å². The number of amides is 1. The van der Waals surface area contributed by atoms with Crippen LogP contribution in [0.15, 0.2) is 18.6 Å². The Bertz CT molecular complexity index is 636. The van der Waals surface area contributed by atoms with E-state index in [0.717, 1.165) is 24.5 Å². The van der Waals surface area contributed by atoms with Crippen LogP contribution in [0.5, 0.6) is 0 Å². The summed E-state index contributed by atoms with van der Waals surface area (Å²) in [7, 11) is 0. The van der Waals surface area contributed by atoms with Gasteiger partial charge in [0, 0.05) is 37.3 Å². The first kappa shape index (κ1) is 13.7. The van der Waals surface area contributed by atoms with Crippen LogP contribution >= 0.6 is 0 Å². The highest BCUT2D eigenvalue weighted by molar-refractivity contribution is 5.92. The summed E-state index contributed by atoms with van der Waals surface area (Å²) in [6.45, 7) is 4.90. The Balaban J connectivity index is 1.72. The minimum atomic E-state index is -0.185. The van der Waals surface area contributed by atoms with Crippen LogP contribution < -0.4 is 5.32 Å². The minimum Gasteiger partial charge on any atom is -0.346 e. The van der Waals surface area contributed by atoms with Crippen molar-refractivity contribution in [1.29, 1.82) is 0 Å². The molecule has 0 spiro atoms. The second kappa shape index (κ2) is 5.59. The predicted molar refractivity (Wildman–Crippen MR) is 75.7 cm³/mol. The van der Waals surface area contributed by atoms with Gasteiger partial charge in [-0.15, -0.1) is 10.2 Å². The molecular formula is C14H18N6O. The van der Waals surface area contributed by atoms with E-state index in [1.807, 2.05) is 0 Å². The van der Waals surface area contributed by atoms with E-state index in [4.69, 9.17) is 0 Å². The van der Waals surface area contributed by atoms with Crippen molar-refractivity contribution in [2.24, 2.45) is 0 Å². The zero-order valence-electron chi connectivity index (χ0n) is 12.2. The summed E-state index contributed by atoms with van der Waals surface area (Å²) in [6.07, 6.45) is 6.23. The van der Waals surface area contributed by atoms with Crippen molar-refractivity contribution in [2.75, 3.05) is 0 Å². The van der Waals surface area contributed by atoms with E-state index in [1.54, 1.807) is 6.20 Å². The molecule has 2 aromatic rings. The number of hydrogen-bond donors (Lipinski definition) is 1. The van der Waals surface area contributed by atoms with Crippen molar-refractivity contribution in [2.45, 2.75) is 45.2 Å². The summed E-state index contributed by atoms with van der Waals surface area (Å²) < 4.78 is 2.12. The molecule has 1 atom stereocenters. The van der Waals surface area contributed by atoms with Crippen LogP contribution in [0.4, 0.5) is 0 Å². The van der Waals surface area contributed by atoms with E-state index in [9.17, 15) is 4.79 Å². The number of carbonyl (C=O) groups excluding carboxylic acids is 1. The largest absolute Gasteiger partial charge is 0.346 e. The fourth-order valence-electron chi connectivity index (χ4n) is 2.57. The zero-order valence-corrected chi connectivity index (χ0v) is 12.2. The quantitative estimate of drug-likeness (QED) is 0.907. The molecule has 3 heterocycles. The third kappa shape index (κ3) is 2.76. The van der Waals surface area contributed by atoms with E-state index < -0.39 is 0 Å². The van der Waals surface area contributed by atoms with Gasteiger partial charge in [0.05, 0.1) is 6.20 Å². The van der Waals surface area contributed by atoms with E-state index in [1.165, 1.54) is 12.4 Å². The molecule has 1 N–H and O–H groups in total. The molecule has 0 aromatic carbocycles. The number of aromatic nitrogens is 5. The number of fused-ring (bicyclic) bond motifs is 1. The number of hydrogen-bond acceptors (Lipinski definition) is 5. The predicted octanol–water partition coefficient (Wildman–Crippen LogP) is 0.936. The van der Waals surface area contributed by atoms with Crippen molar-refractivity contribution in [3.05, 3.63) is 35.9 Å². The Morgan fingerprint density at radius 3 is 2.95 bits per heavy atom. The van der Waals surface area contributed by atoms with E-state index in [2.05, 4.69) is 43.9 Å². The van der Waals surface area contributed by atoms with Gasteiger partial charge in [-0.25, -0.2) is 4.98 Å². The molecule has 0 fully saturated rings. The molecular weight excluding hydrogens is 268 g/mol. The maximum atomic E-state index is 12.1. The molecule has 1 aliphatic rings. The molecule has 2 aromatic heterocycles. The summed E-state index contributed by atoms with van der Waals surface area (Å²) in [6, 6.07) is 0.0699. The summed E-state index contributed by atoms with van der Waals surface area (Å²) in [5, 5.41) is 11.5. The van der Waals surface area contributed by atoms with Crippen molar-refractivity contribution in [1.82, 2.24) is 30.0 Å². The van der Waals surface area contributed by atoms with Crippen LogP contribution in [-0.4, -0.2) is 36.7 Å². The molecule has 1 amide bonds. The lowest BCUT2D eigenvalue weighted by Crippen LogP contribution is -2.41. The lowest BCUT2D eigenvalue weighted by Gasteiger charge is -2.25. The average molecular weight is 286 g/mol. The molecule has 7 heteroatoms. The van der Waals surface area contributed by atoms with Crippen molar-refractivity contribution < 1.29 is 4.79 Å². The van der Waals surface area contributed by atoms with E-state index >= 15 is 0 Å². The lowest BCUT2D eigenvalue weighted by atomic mass is 10.1. The third-order valence-corrected chi connectivity index (χ3v) is 3.62. The molecule has 1 aliphatic heterocycles. The van der Waals surface area contributed by atoms with Gasteiger partial charge in [0.1, 0.15) is 17.3 Å². The second-order valence-electron chi connectivity index (χ2n) is 5.54. The van der Waals surface area contributed by atoms with Gasteiger partial charge in [-0.2, -0.15) is 0 Å². The van der Waals surface area contributed by atoms with Crippen LogP contribution in [0.1, 0.15) is 48.3 Å². The number of nitrogens with zero attached hydrogens (tertiary/aromatic N) is 5. The number of aryl methyl sites for hydroxylation is 1. The molecule has 3 rings (SSSR count). The monoisotopic (exact) mass is 286 g/mol. The first-order valence-electron chi connectivity index (χ1n) is 7.14. The van der Waals surface area contributed by atoms with Crippen LogP contribution in [0.3, 0.4) is 0 Å². The maximum absolute atomic E-state index is 12.1. The first-order valence-corrected chi connectivity index (χ1v) is 7.14. The Hall–Kier alpha value is -2.31. The molecule has 21 heavy (non-hydrogen) atoms. The van der Waals surface area contributed by atoms with Crippen LogP contribution in [0.2, 0.25) is 0 Å². The minimum absolute atomic E-state index is 0.0699. The fourth-order valence-corrected chi connectivity index (χ4v) is 2.57. The fraction of sp³-hybridized carbons (Fsp3) is 0.500. The van der Waals surface area contributed by atoms with Crippen LogP contribution in [0, 0.1) is 0 Å². The normalized spacial score (nSPS) is 17.6. The van der Waals surface area contributed by atoms with Gasteiger partial charge in [-0.1, -0.05) is 13.8 Å². The van der Waals surface area contributed by atoms with Gasteiger partial charge in [0.25, 0.3) is 5.91 Å². The van der Waals surface area contributed by atoms with E-state index in [-0.39, 0.29) is 11.9 Å². The Labute approximate surface area is 122 Å². The third-order valence-electron chi connectivity index (χ3n) is 3.62. The Morgan fingerprint density at radius 1 is 1.38 bits per heavy atom. The van der Waals surface area contributed by atoms with Crippen LogP contribution in [0.25, 0.3) is 0 Å². The molecule has 0 aliphatic carbocycles. The molecule has 0 saturated carbocycles. The highest BCUT2D eigenvalue weighted by Gasteiger charge is 2.25. The van der Waals surface area contributed by atoms with Crippen molar-refractivity contribution >= 4 is 5.91 Å². The van der Waals surface area contributed by atoms with Crippen LogP contribution in [-0.2, 0) is 13.0 Å². The summed E-state index contributed by atoms with van der Waals surface area (Å²) in [4.78, 5) is 20.1. The standard InChI is InChI=1S/C14H18N6O/c1-9(2)13-19-18-12-4-3-10(8-20(12)13)17-14(21)11-7-15-5-6-16-11/h5-7,9-10H,3-4,8H2,1-2H3,(H,17,21). The number of carbonyl (C=O) groups is 1. The van der Waals surface area contributed by atoms with Gasteiger partial charge < -0.3 is 9.88 Å². The molecule has 0 radical (unpaired) electrons. The van der Waals surface area contributed by atoms with Gasteiger partial charge in [0.15, 0.2) is 0 Å². The number of nitrogens with one attached hydrogen (secondary N) is 1. The average Bonchev–Trinajstić information content (AvgIpc) is 2.91. The maximum Gasteiger partial charge on any atom is 0.271 e. The highest BCUT2D eigenvalue weighted by Crippen LogP contribution is 2.20. The molecule has 110 valence electrons. The van der Waals surface area contributed by atoms with E-state index in [0.29, 0.717) is 18.2 Å². The molecule has 0 bridgehead atoms. The molecule has 1 unspecified atom stereocenters. The second-order valence-corrected chi connectivity index (χ2v) is 5.54. The first-order chi connectivity index (χ1) is 10.1. The summed E-state index contributed by atoms with van der Waals surface area (Å²) >= 11 is 0. The van der Waals surface area contributed by atoms with Gasteiger partial charge >= 0.3 is 0 Å². The summed E-state index contributed by atoms with van der Waals surface area (Å²) in [5.41, 5.74) is 0.344. The molecule has 0 saturated heterocycles. The summed E-state index contributed by atoms with van der Waals surface area (Å²) in [5.74, 6) is 2.11. The van der Waals surface area contributed by atoms with Gasteiger partial charge in [-0.3, -0.25) is 9.78 Å². The highest BCUT2D eigenvalue weighted by atomic mass is 16.1. The zero-order chi connectivity index (χ0) is 14.8. The topological polar surface area (TPSA) is 85.6 Å². The SMILES string of the molecule is CC(C)c1nnc2n1CC(NC(=O)c1cnccn1)CC2.